The van der Waals surface area contributed by atoms with Crippen LogP contribution in [0.15, 0.2) is 67.0 Å². The van der Waals surface area contributed by atoms with Crippen LogP contribution in [-0.2, 0) is 0 Å². The number of ether oxygens (including phenoxy) is 2. The minimum atomic E-state index is -0.130. The second kappa shape index (κ2) is 8.43. The lowest BCUT2D eigenvalue weighted by Crippen LogP contribution is -2.31. The molecule has 2 heterocycles. The van der Waals surface area contributed by atoms with Crippen molar-refractivity contribution in [2.75, 3.05) is 13.2 Å². The number of hydrogen-bond donors (Lipinski definition) is 1. The SMILES string of the molecule is CC(C)C(NC(=O)c1cccc(-n2cccc2)c1)c1ccc2c(c1)OCCCO2. The first-order chi connectivity index (χ1) is 14.1. The van der Waals surface area contributed by atoms with Crippen LogP contribution in [0.2, 0.25) is 0 Å². The van der Waals surface area contributed by atoms with Gasteiger partial charge < -0.3 is 19.4 Å². The average molecular weight is 390 g/mol. The molecule has 0 radical (unpaired) electrons. The summed E-state index contributed by atoms with van der Waals surface area (Å²) in [6, 6.07) is 17.4. The zero-order valence-corrected chi connectivity index (χ0v) is 16.8. The standard InChI is InChI=1S/C24H26N2O3/c1-17(2)23(18-9-10-21-22(16-18)29-14-6-13-28-21)25-24(27)19-7-5-8-20(15-19)26-11-3-4-12-26/h3-5,7-12,15-17,23H,6,13-14H2,1-2H3,(H,25,27). The molecular weight excluding hydrogens is 364 g/mol. The fraction of sp³-hybridized carbons (Fsp3) is 0.292. The maximum atomic E-state index is 13.0. The predicted molar refractivity (Wildman–Crippen MR) is 113 cm³/mol. The fourth-order valence-electron chi connectivity index (χ4n) is 3.55. The van der Waals surface area contributed by atoms with Gasteiger partial charge in [0.25, 0.3) is 5.91 Å². The van der Waals surface area contributed by atoms with Crippen LogP contribution < -0.4 is 14.8 Å². The van der Waals surface area contributed by atoms with Crippen LogP contribution in [0.5, 0.6) is 11.5 Å². The molecule has 0 aliphatic carbocycles. The van der Waals surface area contributed by atoms with E-state index in [4.69, 9.17) is 9.47 Å². The van der Waals surface area contributed by atoms with Crippen LogP contribution >= 0.6 is 0 Å². The largest absolute Gasteiger partial charge is 0.490 e. The number of rotatable bonds is 5. The lowest BCUT2D eigenvalue weighted by Gasteiger charge is -2.24. The zero-order valence-electron chi connectivity index (χ0n) is 16.8. The Labute approximate surface area is 171 Å². The summed E-state index contributed by atoms with van der Waals surface area (Å²) >= 11 is 0. The van der Waals surface area contributed by atoms with Crippen molar-refractivity contribution in [3.05, 3.63) is 78.1 Å². The molecule has 0 saturated heterocycles. The molecule has 1 aromatic heterocycles. The van der Waals surface area contributed by atoms with E-state index in [9.17, 15) is 4.79 Å². The molecule has 0 fully saturated rings. The highest BCUT2D eigenvalue weighted by molar-refractivity contribution is 5.95. The number of nitrogens with zero attached hydrogens (tertiary/aromatic N) is 1. The first kappa shape index (κ1) is 19.1. The second-order valence-corrected chi connectivity index (χ2v) is 7.59. The molecule has 1 aliphatic rings. The molecular formula is C24H26N2O3. The molecule has 4 rings (SSSR count). The quantitative estimate of drug-likeness (QED) is 0.683. The van der Waals surface area contributed by atoms with E-state index in [-0.39, 0.29) is 17.9 Å². The summed E-state index contributed by atoms with van der Waals surface area (Å²) in [5, 5.41) is 3.20. The van der Waals surface area contributed by atoms with Gasteiger partial charge in [0.05, 0.1) is 19.3 Å². The van der Waals surface area contributed by atoms with E-state index in [2.05, 4.69) is 19.2 Å². The Morgan fingerprint density at radius 2 is 1.72 bits per heavy atom. The van der Waals surface area contributed by atoms with E-state index in [0.29, 0.717) is 18.8 Å². The first-order valence-corrected chi connectivity index (χ1v) is 10.1. The van der Waals surface area contributed by atoms with E-state index in [1.807, 2.05) is 71.6 Å². The Kier molecular flexibility index (Phi) is 5.56. The van der Waals surface area contributed by atoms with Gasteiger partial charge in [-0.3, -0.25) is 4.79 Å². The number of amides is 1. The molecule has 1 amide bonds. The maximum Gasteiger partial charge on any atom is 0.251 e. The van der Waals surface area contributed by atoms with Gasteiger partial charge in [0.2, 0.25) is 0 Å². The van der Waals surface area contributed by atoms with Gasteiger partial charge in [-0.2, -0.15) is 0 Å². The molecule has 0 saturated carbocycles. The predicted octanol–water partition coefficient (Wildman–Crippen LogP) is 4.77. The van der Waals surface area contributed by atoms with Gasteiger partial charge in [-0.15, -0.1) is 0 Å². The number of benzene rings is 2. The van der Waals surface area contributed by atoms with Gasteiger partial charge in [0.15, 0.2) is 11.5 Å². The molecule has 1 N–H and O–H groups in total. The topological polar surface area (TPSA) is 52.5 Å². The third-order valence-corrected chi connectivity index (χ3v) is 5.09. The summed E-state index contributed by atoms with van der Waals surface area (Å²) in [5.74, 6) is 1.63. The summed E-state index contributed by atoms with van der Waals surface area (Å²) in [7, 11) is 0. The summed E-state index contributed by atoms with van der Waals surface area (Å²) in [5.41, 5.74) is 2.61. The molecule has 0 spiro atoms. The van der Waals surface area contributed by atoms with E-state index in [0.717, 1.165) is 29.2 Å². The first-order valence-electron chi connectivity index (χ1n) is 10.1. The summed E-state index contributed by atoms with van der Waals surface area (Å²) in [4.78, 5) is 13.0. The van der Waals surface area contributed by atoms with Gasteiger partial charge in [-0.25, -0.2) is 0 Å². The number of aromatic nitrogens is 1. The molecule has 1 aliphatic heterocycles. The Balaban J connectivity index is 1.57. The highest BCUT2D eigenvalue weighted by Gasteiger charge is 2.22. The van der Waals surface area contributed by atoms with Gasteiger partial charge >= 0.3 is 0 Å². The Morgan fingerprint density at radius 3 is 2.48 bits per heavy atom. The third-order valence-electron chi connectivity index (χ3n) is 5.09. The van der Waals surface area contributed by atoms with Crippen molar-refractivity contribution in [1.82, 2.24) is 9.88 Å². The van der Waals surface area contributed by atoms with Crippen LogP contribution in [0.4, 0.5) is 0 Å². The maximum absolute atomic E-state index is 13.0. The number of carbonyl (C=O) groups is 1. The number of carbonyl (C=O) groups excluding carboxylic acids is 1. The number of fused-ring (bicyclic) bond motifs is 1. The number of hydrogen-bond acceptors (Lipinski definition) is 3. The Bertz CT molecular complexity index is 980. The highest BCUT2D eigenvalue weighted by atomic mass is 16.5. The normalized spacial score (nSPS) is 14.3. The van der Waals surface area contributed by atoms with Crippen molar-refractivity contribution in [2.45, 2.75) is 26.3 Å². The van der Waals surface area contributed by atoms with E-state index in [1.165, 1.54) is 0 Å². The minimum absolute atomic E-state index is 0.0928. The van der Waals surface area contributed by atoms with Crippen LogP contribution in [0.25, 0.3) is 5.69 Å². The van der Waals surface area contributed by atoms with Crippen molar-refractivity contribution in [1.29, 1.82) is 0 Å². The molecule has 3 aromatic rings. The molecule has 150 valence electrons. The highest BCUT2D eigenvalue weighted by Crippen LogP contribution is 2.34. The molecule has 2 aromatic carbocycles. The van der Waals surface area contributed by atoms with Crippen molar-refractivity contribution in [2.24, 2.45) is 5.92 Å². The average Bonchev–Trinajstić information content (AvgIpc) is 3.17. The van der Waals surface area contributed by atoms with Crippen LogP contribution in [-0.4, -0.2) is 23.7 Å². The smallest absolute Gasteiger partial charge is 0.251 e. The van der Waals surface area contributed by atoms with Crippen molar-refractivity contribution in [3.63, 3.8) is 0 Å². The van der Waals surface area contributed by atoms with Crippen molar-refractivity contribution < 1.29 is 14.3 Å². The van der Waals surface area contributed by atoms with Gasteiger partial charge in [-0.05, 0) is 53.9 Å². The van der Waals surface area contributed by atoms with Gasteiger partial charge in [0.1, 0.15) is 0 Å². The van der Waals surface area contributed by atoms with E-state index >= 15 is 0 Å². The molecule has 29 heavy (non-hydrogen) atoms. The monoisotopic (exact) mass is 390 g/mol. The molecule has 0 bridgehead atoms. The van der Waals surface area contributed by atoms with Crippen LogP contribution in [0.3, 0.4) is 0 Å². The second-order valence-electron chi connectivity index (χ2n) is 7.59. The Morgan fingerprint density at radius 1 is 0.966 bits per heavy atom. The number of nitrogens with one attached hydrogen (secondary N) is 1. The van der Waals surface area contributed by atoms with Gasteiger partial charge in [-0.1, -0.05) is 26.0 Å². The lowest BCUT2D eigenvalue weighted by molar-refractivity contribution is 0.0925. The van der Waals surface area contributed by atoms with E-state index in [1.54, 1.807) is 0 Å². The Hall–Kier alpha value is -3.21. The molecule has 1 unspecified atom stereocenters. The van der Waals surface area contributed by atoms with Crippen LogP contribution in [0, 0.1) is 5.92 Å². The van der Waals surface area contributed by atoms with Crippen molar-refractivity contribution >= 4 is 5.91 Å². The van der Waals surface area contributed by atoms with E-state index < -0.39 is 0 Å². The summed E-state index contributed by atoms with van der Waals surface area (Å²) in [6.45, 7) is 5.50. The van der Waals surface area contributed by atoms with Crippen LogP contribution in [0.1, 0.15) is 42.2 Å². The molecule has 5 heteroatoms. The molecule has 5 nitrogen and oxygen atoms in total. The summed E-state index contributed by atoms with van der Waals surface area (Å²) in [6.07, 6.45) is 4.80. The third kappa shape index (κ3) is 4.29. The fourth-order valence-corrected chi connectivity index (χ4v) is 3.55. The molecule has 1 atom stereocenters. The van der Waals surface area contributed by atoms with Gasteiger partial charge in [0, 0.05) is 30.1 Å². The zero-order chi connectivity index (χ0) is 20.2. The minimum Gasteiger partial charge on any atom is -0.490 e. The lowest BCUT2D eigenvalue weighted by atomic mass is 9.95. The van der Waals surface area contributed by atoms with Crippen molar-refractivity contribution in [3.8, 4) is 17.2 Å². The summed E-state index contributed by atoms with van der Waals surface area (Å²) < 4.78 is 13.5.